The Hall–Kier alpha value is -1.00. The van der Waals surface area contributed by atoms with Crippen LogP contribution in [-0.2, 0) is 11.2 Å². The molecule has 2 atom stereocenters. The van der Waals surface area contributed by atoms with Crippen LogP contribution in [0.2, 0.25) is 0 Å². The van der Waals surface area contributed by atoms with Crippen LogP contribution in [0.5, 0.6) is 0 Å². The van der Waals surface area contributed by atoms with E-state index in [1.807, 2.05) is 7.05 Å². The van der Waals surface area contributed by atoms with Gasteiger partial charge in [-0.1, -0.05) is 6.92 Å². The molecule has 0 radical (unpaired) electrons. The van der Waals surface area contributed by atoms with Crippen LogP contribution in [0, 0.1) is 13.8 Å². The summed E-state index contributed by atoms with van der Waals surface area (Å²) < 4.78 is 5.79. The molecule has 0 saturated carbocycles. The lowest BCUT2D eigenvalue weighted by Gasteiger charge is -2.23. The third kappa shape index (κ3) is 3.76. The number of ether oxygens (including phenoxy) is 1. The molecule has 0 amide bonds. The van der Waals surface area contributed by atoms with Gasteiger partial charge >= 0.3 is 0 Å². The minimum atomic E-state index is 0.308. The van der Waals surface area contributed by atoms with Crippen LogP contribution < -0.4 is 5.32 Å². The number of nitrogens with zero attached hydrogens (tertiary/aromatic N) is 2. The number of rotatable bonds is 5. The molecule has 0 aromatic carbocycles. The molecule has 4 heteroatoms. The van der Waals surface area contributed by atoms with Crippen LogP contribution in [0.1, 0.15) is 54.9 Å². The van der Waals surface area contributed by atoms with Gasteiger partial charge in [-0.25, -0.2) is 9.97 Å². The number of nitrogens with one attached hydrogen (secondary N) is 1. The molecule has 2 unspecified atom stereocenters. The topological polar surface area (TPSA) is 47.0 Å². The van der Waals surface area contributed by atoms with Crippen molar-refractivity contribution in [1.29, 1.82) is 0 Å². The number of aromatic nitrogens is 2. The smallest absolute Gasteiger partial charge is 0.131 e. The van der Waals surface area contributed by atoms with Crippen molar-refractivity contribution < 1.29 is 4.74 Å². The fourth-order valence-electron chi connectivity index (χ4n) is 3.18. The highest BCUT2D eigenvalue weighted by molar-refractivity contribution is 5.28. The monoisotopic (exact) mass is 277 g/mol. The second-order valence-electron chi connectivity index (χ2n) is 5.88. The van der Waals surface area contributed by atoms with E-state index in [0.29, 0.717) is 12.0 Å². The van der Waals surface area contributed by atoms with Gasteiger partial charge in [-0.05, 0) is 51.6 Å². The van der Waals surface area contributed by atoms with Gasteiger partial charge in [0.1, 0.15) is 5.82 Å². The van der Waals surface area contributed by atoms with Crippen LogP contribution >= 0.6 is 0 Å². The normalized spacial score (nSPS) is 20.9. The standard InChI is InChI=1S/C16H27N3O/c1-11(10-17-4)16-12(2)18-15(19-13(16)3)9-14-7-5-6-8-20-14/h11,14,17H,5-10H2,1-4H3. The molecule has 2 heterocycles. The third-order valence-corrected chi connectivity index (χ3v) is 4.06. The summed E-state index contributed by atoms with van der Waals surface area (Å²) in [5.74, 6) is 1.38. The maximum atomic E-state index is 5.79. The summed E-state index contributed by atoms with van der Waals surface area (Å²) in [7, 11) is 1.98. The molecule has 20 heavy (non-hydrogen) atoms. The summed E-state index contributed by atoms with van der Waals surface area (Å²) in [6.07, 6.45) is 4.75. The van der Waals surface area contributed by atoms with Crippen LogP contribution in [0.15, 0.2) is 0 Å². The van der Waals surface area contributed by atoms with E-state index in [1.165, 1.54) is 18.4 Å². The number of aryl methyl sites for hydroxylation is 2. The van der Waals surface area contributed by atoms with E-state index in [1.54, 1.807) is 0 Å². The molecular weight excluding hydrogens is 250 g/mol. The van der Waals surface area contributed by atoms with Gasteiger partial charge in [-0.3, -0.25) is 0 Å². The van der Waals surface area contributed by atoms with E-state index in [9.17, 15) is 0 Å². The lowest BCUT2D eigenvalue weighted by atomic mass is 9.97. The molecule has 1 aromatic heterocycles. The Morgan fingerprint density at radius 3 is 2.50 bits per heavy atom. The SMILES string of the molecule is CNCC(C)c1c(C)nc(CC2CCCCO2)nc1C. The molecule has 0 aliphatic carbocycles. The molecule has 112 valence electrons. The van der Waals surface area contributed by atoms with Gasteiger partial charge in [-0.2, -0.15) is 0 Å². The van der Waals surface area contributed by atoms with Crippen molar-refractivity contribution in [2.45, 2.75) is 58.5 Å². The Kier molecular flexibility index (Phi) is 5.49. The average Bonchev–Trinajstić information content (AvgIpc) is 2.39. The van der Waals surface area contributed by atoms with E-state index in [-0.39, 0.29) is 0 Å². The van der Waals surface area contributed by atoms with E-state index >= 15 is 0 Å². The van der Waals surface area contributed by atoms with Gasteiger partial charge in [-0.15, -0.1) is 0 Å². The van der Waals surface area contributed by atoms with Crippen molar-refractivity contribution in [1.82, 2.24) is 15.3 Å². The van der Waals surface area contributed by atoms with E-state index in [0.717, 1.165) is 43.2 Å². The lowest BCUT2D eigenvalue weighted by Crippen LogP contribution is -2.23. The van der Waals surface area contributed by atoms with E-state index < -0.39 is 0 Å². The first-order valence-electron chi connectivity index (χ1n) is 7.72. The van der Waals surface area contributed by atoms with Crippen LogP contribution in [0.3, 0.4) is 0 Å². The predicted octanol–water partition coefficient (Wildman–Crippen LogP) is 2.53. The molecular formula is C16H27N3O. The van der Waals surface area contributed by atoms with Gasteiger partial charge in [0, 0.05) is 31.0 Å². The summed E-state index contributed by atoms with van der Waals surface area (Å²) >= 11 is 0. The number of hydrogen-bond donors (Lipinski definition) is 1. The second-order valence-corrected chi connectivity index (χ2v) is 5.88. The fourth-order valence-corrected chi connectivity index (χ4v) is 3.18. The van der Waals surface area contributed by atoms with Crippen LogP contribution in [-0.4, -0.2) is 36.3 Å². The largest absolute Gasteiger partial charge is 0.378 e. The molecule has 1 N–H and O–H groups in total. The Morgan fingerprint density at radius 2 is 1.95 bits per heavy atom. The molecule has 0 bridgehead atoms. The van der Waals surface area contributed by atoms with Crippen molar-refractivity contribution in [2.24, 2.45) is 0 Å². The van der Waals surface area contributed by atoms with Crippen molar-refractivity contribution in [2.75, 3.05) is 20.2 Å². The zero-order valence-electron chi connectivity index (χ0n) is 13.2. The van der Waals surface area contributed by atoms with Gasteiger partial charge in [0.15, 0.2) is 0 Å². The second kappa shape index (κ2) is 7.14. The first-order chi connectivity index (χ1) is 9.61. The predicted molar refractivity (Wildman–Crippen MR) is 81.1 cm³/mol. The molecule has 1 aromatic rings. The molecule has 4 nitrogen and oxygen atoms in total. The first-order valence-corrected chi connectivity index (χ1v) is 7.72. The highest BCUT2D eigenvalue weighted by Gasteiger charge is 2.19. The fraction of sp³-hybridized carbons (Fsp3) is 0.750. The number of likely N-dealkylation sites (N-methyl/N-ethyl adjacent to an activating group) is 1. The minimum Gasteiger partial charge on any atom is -0.378 e. The van der Waals surface area contributed by atoms with Crippen molar-refractivity contribution in [3.63, 3.8) is 0 Å². The van der Waals surface area contributed by atoms with E-state index in [2.05, 4.69) is 26.1 Å². The molecule has 1 fully saturated rings. The molecule has 1 aliphatic rings. The van der Waals surface area contributed by atoms with E-state index in [4.69, 9.17) is 14.7 Å². The maximum Gasteiger partial charge on any atom is 0.131 e. The summed E-state index contributed by atoms with van der Waals surface area (Å²) in [6.45, 7) is 8.26. The molecule has 1 aliphatic heterocycles. The van der Waals surface area contributed by atoms with Crippen LogP contribution in [0.4, 0.5) is 0 Å². The Bertz CT molecular complexity index is 418. The minimum absolute atomic E-state index is 0.308. The maximum absolute atomic E-state index is 5.79. The van der Waals surface area contributed by atoms with Gasteiger partial charge in [0.2, 0.25) is 0 Å². The molecule has 1 saturated heterocycles. The Balaban J connectivity index is 2.12. The van der Waals surface area contributed by atoms with Crippen molar-refractivity contribution in [3.8, 4) is 0 Å². The summed E-state index contributed by atoms with van der Waals surface area (Å²) in [5, 5.41) is 3.23. The van der Waals surface area contributed by atoms with Gasteiger partial charge in [0.25, 0.3) is 0 Å². The zero-order chi connectivity index (χ0) is 14.5. The highest BCUT2D eigenvalue weighted by atomic mass is 16.5. The zero-order valence-corrected chi connectivity index (χ0v) is 13.2. The highest BCUT2D eigenvalue weighted by Crippen LogP contribution is 2.22. The van der Waals surface area contributed by atoms with Gasteiger partial charge in [0.05, 0.1) is 6.10 Å². The quantitative estimate of drug-likeness (QED) is 0.898. The third-order valence-electron chi connectivity index (χ3n) is 4.06. The molecule has 0 spiro atoms. The average molecular weight is 277 g/mol. The van der Waals surface area contributed by atoms with Gasteiger partial charge < -0.3 is 10.1 Å². The Labute approximate surface area is 122 Å². The summed E-state index contributed by atoms with van der Waals surface area (Å²) in [4.78, 5) is 9.43. The Morgan fingerprint density at radius 1 is 1.25 bits per heavy atom. The lowest BCUT2D eigenvalue weighted by molar-refractivity contribution is 0.0156. The van der Waals surface area contributed by atoms with Crippen molar-refractivity contribution in [3.05, 3.63) is 22.8 Å². The summed E-state index contributed by atoms with van der Waals surface area (Å²) in [6, 6.07) is 0. The summed E-state index contributed by atoms with van der Waals surface area (Å²) in [5.41, 5.74) is 3.52. The number of hydrogen-bond acceptors (Lipinski definition) is 4. The molecule has 2 rings (SSSR count). The van der Waals surface area contributed by atoms with Crippen molar-refractivity contribution >= 4 is 0 Å². The van der Waals surface area contributed by atoms with Crippen LogP contribution in [0.25, 0.3) is 0 Å². The first kappa shape index (κ1) is 15.4.